The van der Waals surface area contributed by atoms with Crippen LogP contribution in [0.4, 0.5) is 0 Å². The van der Waals surface area contributed by atoms with E-state index in [-0.39, 0.29) is 11.9 Å². The molecule has 2 rings (SSSR count). The van der Waals surface area contributed by atoms with Crippen molar-refractivity contribution in [3.8, 4) is 11.3 Å². The van der Waals surface area contributed by atoms with Gasteiger partial charge in [-0.05, 0) is 48.1 Å². The summed E-state index contributed by atoms with van der Waals surface area (Å²) in [6.45, 7) is 1.94. The monoisotopic (exact) mass is 431 g/mol. The first-order chi connectivity index (χ1) is 10.5. The second-order valence-corrected chi connectivity index (χ2v) is 6.81. The third-order valence-corrected chi connectivity index (χ3v) is 4.34. The number of halogens is 2. The molecule has 0 saturated heterocycles. The van der Waals surface area contributed by atoms with Crippen molar-refractivity contribution in [3.05, 3.63) is 39.9 Å². The largest absolute Gasteiger partial charge is 0.346 e. The molecule has 22 heavy (non-hydrogen) atoms. The number of carbonyl (C=O) groups excluding carboxylic acids is 1. The summed E-state index contributed by atoms with van der Waals surface area (Å²) >= 11 is 7.89. The fraction of sp³-hybridized carbons (Fsp3) is 0.375. The number of benzene rings is 1. The Morgan fingerprint density at radius 3 is 2.73 bits per heavy atom. The summed E-state index contributed by atoms with van der Waals surface area (Å²) in [6.07, 6.45) is 3.12. The van der Waals surface area contributed by atoms with Crippen molar-refractivity contribution < 1.29 is 4.79 Å². The maximum Gasteiger partial charge on any atom is 0.220 e. The van der Waals surface area contributed by atoms with E-state index in [1.807, 2.05) is 24.7 Å². The third kappa shape index (κ3) is 4.46. The van der Waals surface area contributed by atoms with Crippen LogP contribution in [-0.4, -0.2) is 21.3 Å². The predicted molar refractivity (Wildman–Crippen MR) is 97.9 cm³/mol. The van der Waals surface area contributed by atoms with Crippen LogP contribution in [0.2, 0.25) is 0 Å². The summed E-state index contributed by atoms with van der Waals surface area (Å²) in [5.41, 5.74) is 1.98. The number of aromatic nitrogens is 2. The van der Waals surface area contributed by atoms with E-state index in [1.165, 1.54) is 3.57 Å². The number of imidazole rings is 1. The Balaban J connectivity index is 2.12. The zero-order valence-corrected chi connectivity index (χ0v) is 15.6. The highest BCUT2D eigenvalue weighted by Gasteiger charge is 2.16. The van der Waals surface area contributed by atoms with Crippen LogP contribution in [0.25, 0.3) is 11.3 Å². The molecule has 1 amide bonds. The summed E-state index contributed by atoms with van der Waals surface area (Å²) < 4.78 is 3.15. The lowest BCUT2D eigenvalue weighted by Gasteiger charge is -2.13. The Hall–Kier alpha value is -1.08. The molecular formula is C16H19ClIN3O. The molecule has 0 aliphatic rings. The number of amides is 1. The van der Waals surface area contributed by atoms with E-state index < -0.39 is 0 Å². The minimum absolute atomic E-state index is 0.00645. The van der Waals surface area contributed by atoms with Gasteiger partial charge in [-0.2, -0.15) is 0 Å². The quantitative estimate of drug-likeness (QED) is 0.557. The first kappa shape index (κ1) is 17.3. The molecule has 6 heteroatoms. The Bertz CT molecular complexity index is 639. The number of hydrogen-bond acceptors (Lipinski definition) is 2. The van der Waals surface area contributed by atoms with E-state index in [0.29, 0.717) is 18.7 Å². The van der Waals surface area contributed by atoms with Crippen molar-refractivity contribution in [1.82, 2.24) is 14.9 Å². The average Bonchev–Trinajstić information content (AvgIpc) is 2.88. The second-order valence-electron chi connectivity index (χ2n) is 5.18. The predicted octanol–water partition coefficient (Wildman–Crippen LogP) is 3.89. The van der Waals surface area contributed by atoms with E-state index in [1.54, 1.807) is 0 Å². The van der Waals surface area contributed by atoms with Gasteiger partial charge in [-0.25, -0.2) is 4.98 Å². The van der Waals surface area contributed by atoms with Gasteiger partial charge in [0.15, 0.2) is 0 Å². The minimum Gasteiger partial charge on any atom is -0.346 e. The SMILES string of the molecule is CC(NC(=O)CCCCl)c1nc(-c2ccc(I)cc2)cn1C. The molecule has 1 heterocycles. The maximum atomic E-state index is 11.8. The summed E-state index contributed by atoms with van der Waals surface area (Å²) in [6, 6.07) is 8.09. The van der Waals surface area contributed by atoms with Crippen LogP contribution >= 0.6 is 34.2 Å². The smallest absolute Gasteiger partial charge is 0.220 e. The van der Waals surface area contributed by atoms with Crippen molar-refractivity contribution in [3.63, 3.8) is 0 Å². The van der Waals surface area contributed by atoms with E-state index >= 15 is 0 Å². The van der Waals surface area contributed by atoms with Crippen molar-refractivity contribution in [1.29, 1.82) is 0 Å². The molecule has 1 aromatic carbocycles. The van der Waals surface area contributed by atoms with Crippen molar-refractivity contribution in [2.24, 2.45) is 7.05 Å². The number of alkyl halides is 1. The molecule has 0 aliphatic carbocycles. The van der Waals surface area contributed by atoms with Crippen molar-refractivity contribution >= 4 is 40.1 Å². The molecular weight excluding hydrogens is 413 g/mol. The van der Waals surface area contributed by atoms with Gasteiger partial charge in [0.05, 0.1) is 11.7 Å². The van der Waals surface area contributed by atoms with Crippen LogP contribution in [0.3, 0.4) is 0 Å². The van der Waals surface area contributed by atoms with Gasteiger partial charge in [-0.3, -0.25) is 4.79 Å². The number of nitrogens with zero attached hydrogens (tertiary/aromatic N) is 2. The maximum absolute atomic E-state index is 11.8. The van der Waals surface area contributed by atoms with Crippen molar-refractivity contribution in [2.45, 2.75) is 25.8 Å². The molecule has 0 fully saturated rings. The van der Waals surface area contributed by atoms with E-state index in [4.69, 9.17) is 11.6 Å². The molecule has 0 radical (unpaired) electrons. The number of nitrogens with one attached hydrogen (secondary N) is 1. The van der Waals surface area contributed by atoms with E-state index in [0.717, 1.165) is 17.1 Å². The zero-order valence-electron chi connectivity index (χ0n) is 12.6. The van der Waals surface area contributed by atoms with Crippen LogP contribution in [0.5, 0.6) is 0 Å². The van der Waals surface area contributed by atoms with Gasteiger partial charge in [0.2, 0.25) is 5.91 Å². The lowest BCUT2D eigenvalue weighted by Crippen LogP contribution is -2.28. The molecule has 1 unspecified atom stereocenters. The molecule has 1 atom stereocenters. The zero-order chi connectivity index (χ0) is 16.1. The Morgan fingerprint density at radius 2 is 2.09 bits per heavy atom. The lowest BCUT2D eigenvalue weighted by atomic mass is 10.2. The van der Waals surface area contributed by atoms with Crippen LogP contribution in [0, 0.1) is 3.57 Å². The van der Waals surface area contributed by atoms with Crippen LogP contribution in [0.15, 0.2) is 30.5 Å². The van der Waals surface area contributed by atoms with E-state index in [9.17, 15) is 4.79 Å². The van der Waals surface area contributed by atoms with Crippen LogP contribution in [-0.2, 0) is 11.8 Å². The molecule has 1 N–H and O–H groups in total. The number of carbonyl (C=O) groups is 1. The fourth-order valence-electron chi connectivity index (χ4n) is 2.25. The third-order valence-electron chi connectivity index (χ3n) is 3.35. The highest BCUT2D eigenvalue weighted by atomic mass is 127. The van der Waals surface area contributed by atoms with Gasteiger partial charge < -0.3 is 9.88 Å². The molecule has 0 bridgehead atoms. The summed E-state index contributed by atoms with van der Waals surface area (Å²) in [5, 5.41) is 2.96. The topological polar surface area (TPSA) is 46.9 Å². The first-order valence-electron chi connectivity index (χ1n) is 7.15. The standard InChI is InChI=1S/C16H19ClIN3O/c1-11(19-15(22)4-3-9-17)16-20-14(10-21(16)2)12-5-7-13(18)8-6-12/h5-8,10-11H,3-4,9H2,1-2H3,(H,19,22). The summed E-state index contributed by atoms with van der Waals surface area (Å²) in [7, 11) is 1.94. The molecule has 0 saturated carbocycles. The highest BCUT2D eigenvalue weighted by molar-refractivity contribution is 14.1. The Morgan fingerprint density at radius 1 is 1.41 bits per heavy atom. The molecule has 4 nitrogen and oxygen atoms in total. The fourth-order valence-corrected chi connectivity index (χ4v) is 2.74. The Labute approximate surface area is 149 Å². The number of hydrogen-bond donors (Lipinski definition) is 1. The average molecular weight is 432 g/mol. The molecule has 1 aromatic heterocycles. The van der Waals surface area contributed by atoms with Gasteiger partial charge >= 0.3 is 0 Å². The highest BCUT2D eigenvalue weighted by Crippen LogP contribution is 2.22. The summed E-state index contributed by atoms with van der Waals surface area (Å²) in [4.78, 5) is 16.5. The van der Waals surface area contributed by atoms with Crippen molar-refractivity contribution in [2.75, 3.05) is 5.88 Å². The van der Waals surface area contributed by atoms with Gasteiger partial charge in [0, 0.05) is 34.7 Å². The van der Waals surface area contributed by atoms with Crippen LogP contribution < -0.4 is 5.32 Å². The molecule has 2 aromatic rings. The second kappa shape index (κ2) is 7.97. The van der Waals surface area contributed by atoms with Gasteiger partial charge in [0.1, 0.15) is 5.82 Å². The summed E-state index contributed by atoms with van der Waals surface area (Å²) in [5.74, 6) is 1.35. The van der Waals surface area contributed by atoms with Gasteiger partial charge in [-0.15, -0.1) is 11.6 Å². The first-order valence-corrected chi connectivity index (χ1v) is 8.77. The lowest BCUT2D eigenvalue weighted by molar-refractivity contribution is -0.121. The molecule has 0 aliphatic heterocycles. The van der Waals surface area contributed by atoms with E-state index in [2.05, 4.69) is 57.2 Å². The van der Waals surface area contributed by atoms with Gasteiger partial charge in [-0.1, -0.05) is 12.1 Å². The number of aryl methyl sites for hydroxylation is 1. The molecule has 118 valence electrons. The Kier molecular flexibility index (Phi) is 6.26. The normalized spacial score (nSPS) is 12.2. The molecule has 0 spiro atoms. The van der Waals surface area contributed by atoms with Gasteiger partial charge in [0.25, 0.3) is 0 Å². The minimum atomic E-state index is -0.134. The number of rotatable bonds is 6. The van der Waals surface area contributed by atoms with Crippen LogP contribution in [0.1, 0.15) is 31.6 Å².